The van der Waals surface area contributed by atoms with Gasteiger partial charge in [0, 0.05) is 18.4 Å². The Hall–Kier alpha value is -2.69. The fourth-order valence-electron chi connectivity index (χ4n) is 3.67. The summed E-state index contributed by atoms with van der Waals surface area (Å²) in [4.78, 5) is 24.3. The van der Waals surface area contributed by atoms with Gasteiger partial charge in [0.1, 0.15) is 5.82 Å². The first-order valence-electron chi connectivity index (χ1n) is 9.36. The van der Waals surface area contributed by atoms with Crippen molar-refractivity contribution in [2.24, 2.45) is 0 Å². The third-order valence-electron chi connectivity index (χ3n) is 5.20. The second-order valence-electron chi connectivity index (χ2n) is 7.33. The number of halogens is 1. The van der Waals surface area contributed by atoms with Crippen LogP contribution in [0.3, 0.4) is 0 Å². The quantitative estimate of drug-likeness (QED) is 0.783. The van der Waals surface area contributed by atoms with Crippen molar-refractivity contribution in [1.29, 1.82) is 0 Å². The van der Waals surface area contributed by atoms with Crippen LogP contribution in [0.15, 0.2) is 54.6 Å². The standard InChI is InChI=1S/C22H25FN2O2/c1-16(18-5-3-2-4-6-18)24-20(26)11-13-22(14-12-21(27)25-22)15-17-7-9-19(23)10-8-17/h2-10,16H,11-15H2,1H3,(H,24,26)(H,25,27)/t16-,22?/m1/s1. The molecular formula is C22H25FN2O2. The number of nitrogens with one attached hydrogen (secondary N) is 2. The van der Waals surface area contributed by atoms with E-state index in [0.29, 0.717) is 32.1 Å². The van der Waals surface area contributed by atoms with Gasteiger partial charge in [-0.15, -0.1) is 0 Å². The van der Waals surface area contributed by atoms with Crippen molar-refractivity contribution in [1.82, 2.24) is 10.6 Å². The van der Waals surface area contributed by atoms with Gasteiger partial charge in [-0.05, 0) is 49.4 Å². The van der Waals surface area contributed by atoms with Gasteiger partial charge in [-0.1, -0.05) is 42.5 Å². The molecule has 2 amide bonds. The van der Waals surface area contributed by atoms with E-state index in [9.17, 15) is 14.0 Å². The van der Waals surface area contributed by atoms with Crippen LogP contribution in [0.2, 0.25) is 0 Å². The summed E-state index contributed by atoms with van der Waals surface area (Å²) >= 11 is 0. The summed E-state index contributed by atoms with van der Waals surface area (Å²) in [5.41, 5.74) is 1.57. The van der Waals surface area contributed by atoms with E-state index in [4.69, 9.17) is 0 Å². The van der Waals surface area contributed by atoms with E-state index < -0.39 is 5.54 Å². The van der Waals surface area contributed by atoms with E-state index in [1.54, 1.807) is 12.1 Å². The smallest absolute Gasteiger partial charge is 0.220 e. The summed E-state index contributed by atoms with van der Waals surface area (Å²) in [6, 6.07) is 16.1. The third-order valence-corrected chi connectivity index (χ3v) is 5.20. The van der Waals surface area contributed by atoms with Crippen molar-refractivity contribution in [3.63, 3.8) is 0 Å². The number of carbonyl (C=O) groups is 2. The van der Waals surface area contributed by atoms with Gasteiger partial charge in [-0.25, -0.2) is 4.39 Å². The molecule has 0 aliphatic carbocycles. The summed E-state index contributed by atoms with van der Waals surface area (Å²) in [5, 5.41) is 6.08. The Morgan fingerprint density at radius 2 is 1.89 bits per heavy atom. The largest absolute Gasteiger partial charge is 0.350 e. The summed E-state index contributed by atoms with van der Waals surface area (Å²) in [7, 11) is 0. The fraction of sp³-hybridized carbons (Fsp3) is 0.364. The van der Waals surface area contributed by atoms with Crippen LogP contribution in [0.4, 0.5) is 4.39 Å². The molecule has 2 aromatic rings. The van der Waals surface area contributed by atoms with E-state index in [2.05, 4.69) is 10.6 Å². The van der Waals surface area contributed by atoms with Gasteiger partial charge in [-0.3, -0.25) is 9.59 Å². The number of benzene rings is 2. The molecule has 0 saturated carbocycles. The lowest BCUT2D eigenvalue weighted by Crippen LogP contribution is -2.44. The lowest BCUT2D eigenvalue weighted by molar-refractivity contribution is -0.123. The molecule has 2 aromatic carbocycles. The zero-order chi connectivity index (χ0) is 19.3. The van der Waals surface area contributed by atoms with Crippen LogP contribution in [0.25, 0.3) is 0 Å². The van der Waals surface area contributed by atoms with Crippen molar-refractivity contribution in [3.8, 4) is 0 Å². The average Bonchev–Trinajstić information content (AvgIpc) is 3.04. The molecule has 1 fully saturated rings. The molecule has 3 rings (SSSR count). The van der Waals surface area contributed by atoms with Crippen LogP contribution in [0.1, 0.15) is 49.8 Å². The predicted molar refractivity (Wildman–Crippen MR) is 102 cm³/mol. The van der Waals surface area contributed by atoms with Crippen LogP contribution in [0.5, 0.6) is 0 Å². The van der Waals surface area contributed by atoms with Gasteiger partial charge in [0.2, 0.25) is 11.8 Å². The molecule has 1 heterocycles. The molecule has 1 unspecified atom stereocenters. The SMILES string of the molecule is C[C@@H](NC(=O)CCC1(Cc2ccc(F)cc2)CCC(=O)N1)c1ccccc1. The highest BCUT2D eigenvalue weighted by atomic mass is 19.1. The molecule has 0 radical (unpaired) electrons. The van der Waals surface area contributed by atoms with Crippen molar-refractivity contribution in [3.05, 3.63) is 71.5 Å². The highest BCUT2D eigenvalue weighted by Crippen LogP contribution is 2.29. The Bertz CT molecular complexity index is 792. The minimum Gasteiger partial charge on any atom is -0.350 e. The first kappa shape index (κ1) is 19.1. The minimum absolute atomic E-state index is 0.00942. The first-order chi connectivity index (χ1) is 13.0. The number of carbonyl (C=O) groups excluding carboxylic acids is 2. The Morgan fingerprint density at radius 1 is 1.19 bits per heavy atom. The number of amides is 2. The second kappa shape index (κ2) is 8.33. The van der Waals surface area contributed by atoms with Crippen LogP contribution < -0.4 is 10.6 Å². The molecule has 142 valence electrons. The number of rotatable bonds is 7. The fourth-order valence-corrected chi connectivity index (χ4v) is 3.67. The third kappa shape index (κ3) is 5.16. The molecule has 1 aliphatic rings. The van der Waals surface area contributed by atoms with Crippen molar-refractivity contribution >= 4 is 11.8 Å². The maximum atomic E-state index is 13.2. The van der Waals surface area contributed by atoms with Gasteiger partial charge in [-0.2, -0.15) is 0 Å². The Balaban J connectivity index is 1.60. The van der Waals surface area contributed by atoms with Crippen LogP contribution in [0, 0.1) is 5.82 Å². The highest BCUT2D eigenvalue weighted by Gasteiger charge is 2.37. The molecule has 2 N–H and O–H groups in total. The monoisotopic (exact) mass is 368 g/mol. The number of hydrogen-bond donors (Lipinski definition) is 2. The van der Waals surface area contributed by atoms with Crippen molar-refractivity contribution in [2.75, 3.05) is 0 Å². The van der Waals surface area contributed by atoms with Gasteiger partial charge in [0.15, 0.2) is 0 Å². The molecule has 27 heavy (non-hydrogen) atoms. The molecular weight excluding hydrogens is 343 g/mol. The summed E-state index contributed by atoms with van der Waals surface area (Å²) < 4.78 is 13.2. The van der Waals surface area contributed by atoms with Crippen LogP contribution in [-0.2, 0) is 16.0 Å². The predicted octanol–water partition coefficient (Wildman–Crippen LogP) is 3.67. The molecule has 1 saturated heterocycles. The normalized spacial score (nSPS) is 20.1. The Labute approximate surface area is 159 Å². The van der Waals surface area contributed by atoms with Crippen LogP contribution >= 0.6 is 0 Å². The van der Waals surface area contributed by atoms with E-state index in [0.717, 1.165) is 11.1 Å². The van der Waals surface area contributed by atoms with Crippen LogP contribution in [-0.4, -0.2) is 17.4 Å². The molecule has 0 bridgehead atoms. The summed E-state index contributed by atoms with van der Waals surface area (Å²) in [6.07, 6.45) is 2.64. The van der Waals surface area contributed by atoms with E-state index in [1.165, 1.54) is 12.1 Å². The maximum absolute atomic E-state index is 13.2. The molecule has 4 nitrogen and oxygen atoms in total. The van der Waals surface area contributed by atoms with Gasteiger partial charge in [0.25, 0.3) is 0 Å². The number of hydrogen-bond acceptors (Lipinski definition) is 2. The molecule has 1 aliphatic heterocycles. The maximum Gasteiger partial charge on any atom is 0.220 e. The lowest BCUT2D eigenvalue weighted by atomic mass is 9.85. The Kier molecular flexibility index (Phi) is 5.89. The minimum atomic E-state index is -0.442. The average molecular weight is 368 g/mol. The van der Waals surface area contributed by atoms with E-state index in [-0.39, 0.29) is 23.7 Å². The molecule has 0 spiro atoms. The van der Waals surface area contributed by atoms with Crippen molar-refractivity contribution < 1.29 is 14.0 Å². The Morgan fingerprint density at radius 3 is 2.52 bits per heavy atom. The zero-order valence-electron chi connectivity index (χ0n) is 15.5. The van der Waals surface area contributed by atoms with E-state index >= 15 is 0 Å². The topological polar surface area (TPSA) is 58.2 Å². The lowest BCUT2D eigenvalue weighted by Gasteiger charge is -2.29. The summed E-state index contributed by atoms with van der Waals surface area (Å²) in [6.45, 7) is 1.96. The van der Waals surface area contributed by atoms with Gasteiger partial charge < -0.3 is 10.6 Å². The molecule has 0 aromatic heterocycles. The van der Waals surface area contributed by atoms with Gasteiger partial charge >= 0.3 is 0 Å². The van der Waals surface area contributed by atoms with Gasteiger partial charge in [0.05, 0.1) is 6.04 Å². The van der Waals surface area contributed by atoms with E-state index in [1.807, 2.05) is 37.3 Å². The summed E-state index contributed by atoms with van der Waals surface area (Å²) in [5.74, 6) is -0.307. The zero-order valence-corrected chi connectivity index (χ0v) is 15.5. The first-order valence-corrected chi connectivity index (χ1v) is 9.36. The molecule has 2 atom stereocenters. The highest BCUT2D eigenvalue weighted by molar-refractivity contribution is 5.80. The second-order valence-corrected chi connectivity index (χ2v) is 7.33. The van der Waals surface area contributed by atoms with Crippen molar-refractivity contribution in [2.45, 2.75) is 50.6 Å². The molecule has 5 heteroatoms.